The summed E-state index contributed by atoms with van der Waals surface area (Å²) in [5, 5.41) is 18.2. The molecule has 14 heavy (non-hydrogen) atoms. The number of hydrogen-bond donors (Lipinski definition) is 2. The fourth-order valence-electron chi connectivity index (χ4n) is 1.25. The molecule has 72 valence electrons. The number of hydrogen-bond acceptors (Lipinski definition) is 2. The first kappa shape index (κ1) is 11.6. The van der Waals surface area contributed by atoms with E-state index in [4.69, 9.17) is 16.5 Å². The van der Waals surface area contributed by atoms with Crippen LogP contribution in [-0.2, 0) is 6.42 Å². The molecule has 2 nitrogen and oxygen atoms in total. The Kier molecular flexibility index (Phi) is 3.99. The van der Waals surface area contributed by atoms with Gasteiger partial charge in [-0.25, -0.2) is 0 Å². The van der Waals surface area contributed by atoms with E-state index in [1.54, 1.807) is 6.07 Å². The molecule has 1 aromatic carbocycles. The molecule has 0 heterocycles. The van der Waals surface area contributed by atoms with Crippen LogP contribution in [0.15, 0.2) is 12.1 Å². The molecule has 2 N–H and O–H groups in total. The second-order valence-corrected chi connectivity index (χ2v) is 4.21. The Morgan fingerprint density at radius 3 is 2.64 bits per heavy atom. The second kappa shape index (κ2) is 4.83. The summed E-state index contributed by atoms with van der Waals surface area (Å²) in [5.41, 5.74) is 2.36. The maximum absolute atomic E-state index is 9.12. The first-order chi connectivity index (χ1) is 6.56. The van der Waals surface area contributed by atoms with Crippen molar-refractivity contribution in [3.63, 3.8) is 0 Å². The fraction of sp³-hybridized carbons (Fsp3) is 0.200. The summed E-state index contributed by atoms with van der Waals surface area (Å²) in [6.07, 6.45) is 5.71. The molecule has 0 amide bonds. The van der Waals surface area contributed by atoms with Gasteiger partial charge in [-0.15, -0.1) is 12.3 Å². The highest BCUT2D eigenvalue weighted by Crippen LogP contribution is 2.12. The van der Waals surface area contributed by atoms with Crippen LogP contribution in [0.3, 0.4) is 0 Å². The molecule has 0 saturated heterocycles. The zero-order valence-corrected chi connectivity index (χ0v) is 9.95. The monoisotopic (exact) mass is 300 g/mol. The quantitative estimate of drug-likeness (QED) is 0.473. The zero-order valence-electron chi connectivity index (χ0n) is 7.79. The summed E-state index contributed by atoms with van der Waals surface area (Å²) in [6, 6.07) is 3.70. The number of terminal acetylenes is 1. The molecule has 0 aliphatic rings. The van der Waals surface area contributed by atoms with Crippen molar-refractivity contribution in [3.05, 3.63) is 26.8 Å². The van der Waals surface area contributed by atoms with E-state index in [1.165, 1.54) is 0 Å². The third kappa shape index (κ3) is 2.50. The van der Waals surface area contributed by atoms with Gasteiger partial charge in [-0.05, 0) is 52.2 Å². The van der Waals surface area contributed by atoms with Crippen molar-refractivity contribution in [1.82, 2.24) is 0 Å². The summed E-state index contributed by atoms with van der Waals surface area (Å²) >= 11 is 2.16. The molecule has 0 bridgehead atoms. The first-order valence-electron chi connectivity index (χ1n) is 4.14. The second-order valence-electron chi connectivity index (χ2n) is 3.05. The Labute approximate surface area is 97.6 Å². The van der Waals surface area contributed by atoms with Gasteiger partial charge in [-0.2, -0.15) is 0 Å². The van der Waals surface area contributed by atoms with E-state index in [9.17, 15) is 0 Å². The summed E-state index contributed by atoms with van der Waals surface area (Å²) in [6.45, 7) is 1.86. The molecule has 0 unspecified atom stereocenters. The van der Waals surface area contributed by atoms with Gasteiger partial charge in [0, 0.05) is 9.99 Å². The highest BCUT2D eigenvalue weighted by Gasteiger charge is 2.16. The van der Waals surface area contributed by atoms with Gasteiger partial charge in [0.25, 0.3) is 0 Å². The van der Waals surface area contributed by atoms with E-state index in [1.807, 2.05) is 13.0 Å². The summed E-state index contributed by atoms with van der Waals surface area (Å²) in [5.74, 6) is 2.53. The Morgan fingerprint density at radius 1 is 1.50 bits per heavy atom. The Hall–Kier alpha value is -0.505. The molecule has 4 heteroatoms. The predicted molar refractivity (Wildman–Crippen MR) is 66.3 cm³/mol. The lowest BCUT2D eigenvalue weighted by molar-refractivity contribution is 0.425. The van der Waals surface area contributed by atoms with E-state index in [-0.39, 0.29) is 0 Å². The highest BCUT2D eigenvalue weighted by atomic mass is 127. The molecule has 0 aliphatic carbocycles. The topological polar surface area (TPSA) is 40.5 Å². The maximum Gasteiger partial charge on any atom is 0.488 e. The van der Waals surface area contributed by atoms with Crippen LogP contribution in [0.2, 0.25) is 0 Å². The van der Waals surface area contributed by atoms with Gasteiger partial charge >= 0.3 is 7.12 Å². The van der Waals surface area contributed by atoms with Crippen LogP contribution in [0.25, 0.3) is 0 Å². The van der Waals surface area contributed by atoms with Crippen molar-refractivity contribution in [1.29, 1.82) is 0 Å². The molecule has 0 saturated carbocycles. The molecule has 0 radical (unpaired) electrons. The average molecular weight is 300 g/mol. The van der Waals surface area contributed by atoms with Crippen LogP contribution < -0.4 is 5.46 Å². The van der Waals surface area contributed by atoms with Crippen LogP contribution in [0.4, 0.5) is 0 Å². The van der Waals surface area contributed by atoms with Gasteiger partial charge in [0.05, 0.1) is 0 Å². The number of rotatable bonds is 2. The SMILES string of the molecule is C#CCc1cc(I)c(C)c(B(O)O)c1. The maximum atomic E-state index is 9.12. The molecule has 0 aromatic heterocycles. The van der Waals surface area contributed by atoms with Gasteiger partial charge in [-0.3, -0.25) is 0 Å². The van der Waals surface area contributed by atoms with Gasteiger partial charge in [0.2, 0.25) is 0 Å². The minimum Gasteiger partial charge on any atom is -0.423 e. The molecule has 1 aromatic rings. The summed E-state index contributed by atoms with van der Waals surface area (Å²) < 4.78 is 0.999. The molecule has 0 aliphatic heterocycles. The molecule has 0 atom stereocenters. The van der Waals surface area contributed by atoms with Crippen molar-refractivity contribution >= 4 is 35.2 Å². The molecular formula is C10H10BIO2. The lowest BCUT2D eigenvalue weighted by Crippen LogP contribution is -2.33. The largest absolute Gasteiger partial charge is 0.488 e. The Bertz CT molecular complexity index is 382. The van der Waals surface area contributed by atoms with Crippen LogP contribution in [-0.4, -0.2) is 17.2 Å². The van der Waals surface area contributed by atoms with E-state index in [0.717, 1.165) is 14.7 Å². The Morgan fingerprint density at radius 2 is 2.14 bits per heavy atom. The Balaban J connectivity index is 3.22. The van der Waals surface area contributed by atoms with E-state index >= 15 is 0 Å². The van der Waals surface area contributed by atoms with E-state index < -0.39 is 7.12 Å². The molecular weight excluding hydrogens is 290 g/mol. The van der Waals surface area contributed by atoms with Crippen molar-refractivity contribution < 1.29 is 10.0 Å². The lowest BCUT2D eigenvalue weighted by atomic mass is 9.76. The normalized spacial score (nSPS) is 9.64. The van der Waals surface area contributed by atoms with E-state index in [0.29, 0.717) is 11.9 Å². The van der Waals surface area contributed by atoms with Crippen LogP contribution in [0.5, 0.6) is 0 Å². The summed E-state index contributed by atoms with van der Waals surface area (Å²) in [7, 11) is -1.43. The minimum absolute atomic E-state index is 0.510. The van der Waals surface area contributed by atoms with Crippen molar-refractivity contribution in [2.45, 2.75) is 13.3 Å². The predicted octanol–water partition coefficient (Wildman–Crippen LogP) is 0.455. The van der Waals surface area contributed by atoms with Crippen LogP contribution in [0.1, 0.15) is 11.1 Å². The molecule has 0 fully saturated rings. The standard InChI is InChI=1S/C10H10BIO2/c1-3-4-8-5-9(11(13)14)7(2)10(12)6-8/h1,5-6,13-14H,4H2,2H3. The smallest absolute Gasteiger partial charge is 0.423 e. The van der Waals surface area contributed by atoms with Gasteiger partial charge in [0.1, 0.15) is 0 Å². The van der Waals surface area contributed by atoms with Crippen LogP contribution in [0, 0.1) is 22.8 Å². The van der Waals surface area contributed by atoms with Crippen LogP contribution >= 0.6 is 22.6 Å². The van der Waals surface area contributed by atoms with Gasteiger partial charge in [0.15, 0.2) is 0 Å². The number of benzene rings is 1. The average Bonchev–Trinajstić information content (AvgIpc) is 2.11. The molecule has 0 spiro atoms. The third-order valence-corrected chi connectivity index (χ3v) is 3.15. The first-order valence-corrected chi connectivity index (χ1v) is 5.22. The third-order valence-electron chi connectivity index (χ3n) is 2.03. The van der Waals surface area contributed by atoms with Crippen molar-refractivity contribution in [2.75, 3.05) is 0 Å². The minimum atomic E-state index is -1.43. The van der Waals surface area contributed by atoms with Crippen molar-refractivity contribution in [2.24, 2.45) is 0 Å². The zero-order chi connectivity index (χ0) is 10.7. The summed E-state index contributed by atoms with van der Waals surface area (Å²) in [4.78, 5) is 0. The van der Waals surface area contributed by atoms with Gasteiger partial charge < -0.3 is 10.0 Å². The molecule has 1 rings (SSSR count). The highest BCUT2D eigenvalue weighted by molar-refractivity contribution is 14.1. The van der Waals surface area contributed by atoms with Gasteiger partial charge in [-0.1, -0.05) is 6.07 Å². The fourth-order valence-corrected chi connectivity index (χ4v) is 1.96. The number of halogens is 1. The van der Waals surface area contributed by atoms with Crippen molar-refractivity contribution in [3.8, 4) is 12.3 Å². The lowest BCUT2D eigenvalue weighted by Gasteiger charge is -2.09. The van der Waals surface area contributed by atoms with E-state index in [2.05, 4.69) is 28.5 Å².